The van der Waals surface area contributed by atoms with Crippen LogP contribution in [-0.2, 0) is 11.2 Å². The maximum Gasteiger partial charge on any atom is 0.325 e. The number of H-pyrrole nitrogens is 1. The van der Waals surface area contributed by atoms with E-state index in [4.69, 9.17) is 39.9 Å². The highest BCUT2D eigenvalue weighted by Gasteiger charge is 2.26. The molecule has 0 atom stereocenters. The number of aliphatic carboxylic acids is 1. The first-order valence-electron chi connectivity index (χ1n) is 4.87. The van der Waals surface area contributed by atoms with Crippen LogP contribution in [-0.4, -0.2) is 21.0 Å². The van der Waals surface area contributed by atoms with Gasteiger partial charge in [-0.05, 0) is 4.92 Å². The molecular weight excluding hydrogens is 318 g/mol. The third-order valence-corrected chi connectivity index (χ3v) is 3.78. The fraction of sp³-hybridized carbons (Fsp3) is 0.100. The molecule has 0 amide bonds. The average Bonchev–Trinajstić information content (AvgIpc) is 2.64. The lowest BCUT2D eigenvalue weighted by Crippen LogP contribution is -2.02. The lowest BCUT2D eigenvalue weighted by atomic mass is 10.1. The van der Waals surface area contributed by atoms with Gasteiger partial charge in [-0.2, -0.15) is 0 Å². The third-order valence-electron chi connectivity index (χ3n) is 2.51. The highest BCUT2D eigenvalue weighted by atomic mass is 35.5. The zero-order valence-electron chi connectivity index (χ0n) is 9.04. The van der Waals surface area contributed by atoms with Crippen LogP contribution in [0.5, 0.6) is 0 Å². The summed E-state index contributed by atoms with van der Waals surface area (Å²) >= 11 is 17.7. The summed E-state index contributed by atoms with van der Waals surface area (Å²) in [6, 6.07) is 1.36. The predicted molar refractivity (Wildman–Crippen MR) is 71.3 cm³/mol. The SMILES string of the molecule is O=C(O)Cc1c([N+](=O)[O-])[nH]c2cc(Cl)c(Cl)c(Cl)c12. The average molecular weight is 324 g/mol. The van der Waals surface area contributed by atoms with Crippen molar-refractivity contribution in [3.63, 3.8) is 0 Å². The van der Waals surface area contributed by atoms with Crippen molar-refractivity contribution in [2.24, 2.45) is 0 Å². The molecular formula is C10H5Cl3N2O4. The van der Waals surface area contributed by atoms with E-state index in [1.165, 1.54) is 6.07 Å². The van der Waals surface area contributed by atoms with E-state index in [0.717, 1.165) is 0 Å². The van der Waals surface area contributed by atoms with Gasteiger partial charge in [0.05, 0.1) is 32.4 Å². The lowest BCUT2D eigenvalue weighted by Gasteiger charge is -2.01. The smallest absolute Gasteiger partial charge is 0.325 e. The predicted octanol–water partition coefficient (Wildman–Crippen LogP) is 3.66. The Kier molecular flexibility index (Phi) is 3.58. The summed E-state index contributed by atoms with van der Waals surface area (Å²) in [5.41, 5.74) is 0.235. The molecule has 19 heavy (non-hydrogen) atoms. The second kappa shape index (κ2) is 4.88. The Morgan fingerprint density at radius 1 is 1.37 bits per heavy atom. The molecule has 1 aromatic heterocycles. The molecule has 0 radical (unpaired) electrons. The van der Waals surface area contributed by atoms with Gasteiger partial charge in [-0.25, -0.2) is 4.98 Å². The number of halogens is 3. The van der Waals surface area contributed by atoms with Crippen molar-refractivity contribution in [3.05, 3.63) is 36.8 Å². The molecule has 0 aliphatic heterocycles. The molecule has 2 N–H and O–H groups in total. The van der Waals surface area contributed by atoms with E-state index in [1.54, 1.807) is 0 Å². The molecule has 6 nitrogen and oxygen atoms in total. The monoisotopic (exact) mass is 322 g/mol. The van der Waals surface area contributed by atoms with Crippen molar-refractivity contribution in [3.8, 4) is 0 Å². The van der Waals surface area contributed by atoms with Crippen molar-refractivity contribution in [1.82, 2.24) is 4.98 Å². The minimum Gasteiger partial charge on any atom is -0.481 e. The molecule has 0 saturated heterocycles. The number of benzene rings is 1. The van der Waals surface area contributed by atoms with Crippen LogP contribution in [0.4, 0.5) is 5.82 Å². The van der Waals surface area contributed by atoms with Gasteiger partial charge in [-0.1, -0.05) is 34.8 Å². The Morgan fingerprint density at radius 3 is 2.53 bits per heavy atom. The molecule has 9 heteroatoms. The summed E-state index contributed by atoms with van der Waals surface area (Å²) in [5, 5.41) is 20.1. The highest BCUT2D eigenvalue weighted by molar-refractivity contribution is 6.50. The van der Waals surface area contributed by atoms with Gasteiger partial charge in [0.2, 0.25) is 0 Å². The van der Waals surface area contributed by atoms with Gasteiger partial charge < -0.3 is 15.2 Å². The van der Waals surface area contributed by atoms with Crippen LogP contribution in [0, 0.1) is 10.1 Å². The van der Waals surface area contributed by atoms with Crippen LogP contribution >= 0.6 is 34.8 Å². The van der Waals surface area contributed by atoms with Crippen LogP contribution in [0.25, 0.3) is 10.9 Å². The van der Waals surface area contributed by atoms with Gasteiger partial charge in [0, 0.05) is 6.07 Å². The fourth-order valence-corrected chi connectivity index (χ4v) is 2.51. The molecule has 0 aliphatic rings. The second-order valence-corrected chi connectivity index (χ2v) is 4.85. The first-order chi connectivity index (χ1) is 8.82. The molecule has 0 unspecified atom stereocenters. The first-order valence-corrected chi connectivity index (χ1v) is 6.00. The Balaban J connectivity index is 2.87. The van der Waals surface area contributed by atoms with Crippen molar-refractivity contribution in [2.75, 3.05) is 0 Å². The number of nitrogens with zero attached hydrogens (tertiary/aromatic N) is 1. The van der Waals surface area contributed by atoms with Crippen LogP contribution in [0.3, 0.4) is 0 Å². The van der Waals surface area contributed by atoms with E-state index >= 15 is 0 Å². The van der Waals surface area contributed by atoms with Gasteiger partial charge in [0.1, 0.15) is 5.52 Å². The fourth-order valence-electron chi connectivity index (χ4n) is 1.79. The number of aromatic nitrogens is 1. The standard InChI is InChI=1S/C10H5Cl3N2O4/c11-4-2-5-7(9(13)8(4)12)3(1-6(16)17)10(14-5)15(18)19/h2,14H,1H2,(H,16,17). The molecule has 2 aromatic rings. The minimum absolute atomic E-state index is 0.00948. The molecule has 100 valence electrons. The normalized spacial score (nSPS) is 10.9. The second-order valence-electron chi connectivity index (χ2n) is 3.69. The number of aromatic amines is 1. The number of carboxylic acids is 1. The molecule has 0 saturated carbocycles. The molecule has 0 bridgehead atoms. The number of fused-ring (bicyclic) bond motifs is 1. The topological polar surface area (TPSA) is 96.2 Å². The number of rotatable bonds is 3. The van der Waals surface area contributed by atoms with E-state index < -0.39 is 23.1 Å². The van der Waals surface area contributed by atoms with E-state index in [9.17, 15) is 14.9 Å². The maximum absolute atomic E-state index is 10.9. The van der Waals surface area contributed by atoms with Crippen LogP contribution in [0.1, 0.15) is 5.56 Å². The first kappa shape index (κ1) is 13.9. The molecule has 1 aromatic carbocycles. The molecule has 0 fully saturated rings. The number of hydrogen-bond acceptors (Lipinski definition) is 3. The zero-order valence-corrected chi connectivity index (χ0v) is 11.3. The number of hydrogen-bond donors (Lipinski definition) is 2. The van der Waals surface area contributed by atoms with Gasteiger partial charge in [-0.15, -0.1) is 0 Å². The summed E-state index contributed by atoms with van der Waals surface area (Å²) in [4.78, 5) is 23.5. The van der Waals surface area contributed by atoms with Crippen molar-refractivity contribution < 1.29 is 14.8 Å². The van der Waals surface area contributed by atoms with Gasteiger partial charge in [0.15, 0.2) is 0 Å². The summed E-state index contributed by atoms with van der Waals surface area (Å²) in [7, 11) is 0. The van der Waals surface area contributed by atoms with Crippen LogP contribution in [0.2, 0.25) is 15.1 Å². The minimum atomic E-state index is -1.22. The molecule has 0 spiro atoms. The molecule has 2 rings (SSSR count). The highest BCUT2D eigenvalue weighted by Crippen LogP contribution is 2.41. The Bertz CT molecular complexity index is 711. The number of carboxylic acid groups (broad SMARTS) is 1. The summed E-state index contributed by atoms with van der Waals surface area (Å²) in [6.45, 7) is 0. The van der Waals surface area contributed by atoms with Gasteiger partial charge in [0.25, 0.3) is 0 Å². The zero-order chi connectivity index (χ0) is 14.3. The summed E-state index contributed by atoms with van der Waals surface area (Å²) in [6.07, 6.45) is -0.548. The summed E-state index contributed by atoms with van der Waals surface area (Å²) in [5.74, 6) is -1.65. The third kappa shape index (κ3) is 2.34. The van der Waals surface area contributed by atoms with Crippen LogP contribution < -0.4 is 0 Å². The Labute approximate surface area is 121 Å². The van der Waals surface area contributed by atoms with Gasteiger partial charge >= 0.3 is 11.8 Å². The molecule has 1 heterocycles. The lowest BCUT2D eigenvalue weighted by molar-refractivity contribution is -0.389. The van der Waals surface area contributed by atoms with E-state index in [1.807, 2.05) is 0 Å². The van der Waals surface area contributed by atoms with E-state index in [2.05, 4.69) is 4.98 Å². The maximum atomic E-state index is 10.9. The Hall–Kier alpha value is -1.50. The van der Waals surface area contributed by atoms with Gasteiger partial charge in [-0.3, -0.25) is 4.79 Å². The van der Waals surface area contributed by atoms with Crippen LogP contribution in [0.15, 0.2) is 6.07 Å². The largest absolute Gasteiger partial charge is 0.481 e. The molecule has 0 aliphatic carbocycles. The van der Waals surface area contributed by atoms with Crippen molar-refractivity contribution in [2.45, 2.75) is 6.42 Å². The summed E-state index contributed by atoms with van der Waals surface area (Å²) < 4.78 is 0. The van der Waals surface area contributed by atoms with E-state index in [0.29, 0.717) is 0 Å². The van der Waals surface area contributed by atoms with E-state index in [-0.39, 0.29) is 31.5 Å². The number of carbonyl (C=O) groups is 1. The Morgan fingerprint density at radius 2 is 2.00 bits per heavy atom. The van der Waals surface area contributed by atoms with Crippen molar-refractivity contribution >= 4 is 57.5 Å². The number of nitrogens with one attached hydrogen (secondary N) is 1. The quantitative estimate of drug-likeness (QED) is 0.512. The number of nitro groups is 1. The van der Waals surface area contributed by atoms with Crippen molar-refractivity contribution in [1.29, 1.82) is 0 Å².